The summed E-state index contributed by atoms with van der Waals surface area (Å²) < 4.78 is 1.06. The first-order valence-electron chi connectivity index (χ1n) is 5.62. The molecule has 6 heteroatoms. The molecule has 0 unspecified atom stereocenters. The maximum atomic E-state index is 12.4. The summed E-state index contributed by atoms with van der Waals surface area (Å²) in [6, 6.07) is 8.12. The highest BCUT2D eigenvalue weighted by molar-refractivity contribution is 5.88. The van der Waals surface area contributed by atoms with E-state index < -0.39 is 11.2 Å². The average Bonchev–Trinajstić information content (AvgIpc) is 2.41. The third-order valence-electron chi connectivity index (χ3n) is 2.89. The second kappa shape index (κ2) is 4.09. The van der Waals surface area contributed by atoms with Gasteiger partial charge in [-0.15, -0.1) is 0 Å². The molecule has 0 fully saturated rings. The molecule has 0 atom stereocenters. The Morgan fingerprint density at radius 1 is 1.11 bits per heavy atom. The van der Waals surface area contributed by atoms with Gasteiger partial charge in [0.25, 0.3) is 5.56 Å². The number of anilines is 1. The van der Waals surface area contributed by atoms with Crippen molar-refractivity contribution in [1.29, 1.82) is 0 Å². The molecule has 0 aliphatic heterocycles. The smallest absolute Gasteiger partial charge is 0.333 e. The van der Waals surface area contributed by atoms with Gasteiger partial charge in [-0.25, -0.2) is 9.36 Å². The Kier molecular flexibility index (Phi) is 2.42. The number of nitrogen functional groups attached to an aromatic ring is 1. The van der Waals surface area contributed by atoms with Crippen molar-refractivity contribution in [2.75, 3.05) is 5.73 Å². The zero-order chi connectivity index (χ0) is 13.4. The fourth-order valence-electron chi connectivity index (χ4n) is 1.99. The van der Waals surface area contributed by atoms with Crippen LogP contribution in [0.15, 0.2) is 52.3 Å². The molecule has 19 heavy (non-hydrogen) atoms. The third kappa shape index (κ3) is 1.70. The van der Waals surface area contributed by atoms with Crippen molar-refractivity contribution < 1.29 is 0 Å². The van der Waals surface area contributed by atoms with Gasteiger partial charge in [0.15, 0.2) is 0 Å². The lowest BCUT2D eigenvalue weighted by Gasteiger charge is -2.07. The van der Waals surface area contributed by atoms with Crippen LogP contribution in [0.2, 0.25) is 0 Å². The second-order valence-electron chi connectivity index (χ2n) is 4.05. The van der Waals surface area contributed by atoms with Gasteiger partial charge < -0.3 is 10.7 Å². The highest BCUT2D eigenvalue weighted by atomic mass is 16.2. The van der Waals surface area contributed by atoms with E-state index in [-0.39, 0.29) is 0 Å². The van der Waals surface area contributed by atoms with Gasteiger partial charge in [0.2, 0.25) is 0 Å². The number of H-pyrrole nitrogens is 1. The standard InChI is InChI=1S/C13H10N4O2/c14-10-3-1-2-9-11(10)16-13(19)17(12(9)18)8-4-6-15-7-5-8/h1-7H,14H2,(H,16,19). The molecular formula is C13H10N4O2. The number of aromatic amines is 1. The Hall–Kier alpha value is -2.89. The minimum absolute atomic E-state index is 0.364. The van der Waals surface area contributed by atoms with Crippen molar-refractivity contribution in [2.24, 2.45) is 0 Å². The predicted molar refractivity (Wildman–Crippen MR) is 72.4 cm³/mol. The molecule has 0 aliphatic carbocycles. The van der Waals surface area contributed by atoms with E-state index in [1.54, 1.807) is 30.3 Å². The monoisotopic (exact) mass is 254 g/mol. The summed E-state index contributed by atoms with van der Waals surface area (Å²) in [6.07, 6.45) is 3.04. The molecule has 0 amide bonds. The Labute approximate surface area is 107 Å². The van der Waals surface area contributed by atoms with Crippen LogP contribution in [0.1, 0.15) is 0 Å². The number of rotatable bonds is 1. The first kappa shape index (κ1) is 11.2. The average molecular weight is 254 g/mol. The van der Waals surface area contributed by atoms with Crippen LogP contribution in [0, 0.1) is 0 Å². The van der Waals surface area contributed by atoms with E-state index in [9.17, 15) is 9.59 Å². The summed E-state index contributed by atoms with van der Waals surface area (Å²) in [7, 11) is 0. The summed E-state index contributed by atoms with van der Waals surface area (Å²) in [5.74, 6) is 0. The zero-order valence-corrected chi connectivity index (χ0v) is 9.83. The lowest BCUT2D eigenvalue weighted by Crippen LogP contribution is -2.33. The maximum Gasteiger partial charge on any atom is 0.333 e. The maximum absolute atomic E-state index is 12.4. The lowest BCUT2D eigenvalue weighted by molar-refractivity contribution is 0.899. The number of nitrogens with zero attached hydrogens (tertiary/aromatic N) is 2. The van der Waals surface area contributed by atoms with Crippen LogP contribution in [0.5, 0.6) is 0 Å². The minimum atomic E-state index is -0.526. The Bertz CT molecular complexity index is 865. The van der Waals surface area contributed by atoms with E-state index in [2.05, 4.69) is 9.97 Å². The molecule has 0 spiro atoms. The summed E-state index contributed by atoms with van der Waals surface area (Å²) in [5.41, 5.74) is 6.02. The Morgan fingerprint density at radius 2 is 1.84 bits per heavy atom. The van der Waals surface area contributed by atoms with Crippen molar-refractivity contribution in [3.63, 3.8) is 0 Å². The minimum Gasteiger partial charge on any atom is -0.397 e. The van der Waals surface area contributed by atoms with Gasteiger partial charge in [0.1, 0.15) is 0 Å². The summed E-state index contributed by atoms with van der Waals surface area (Å²) in [4.78, 5) is 30.9. The molecule has 3 N–H and O–H groups in total. The van der Waals surface area contributed by atoms with Crippen molar-refractivity contribution in [2.45, 2.75) is 0 Å². The largest absolute Gasteiger partial charge is 0.397 e. The first-order chi connectivity index (χ1) is 9.18. The molecule has 2 heterocycles. The van der Waals surface area contributed by atoms with Gasteiger partial charge in [-0.1, -0.05) is 6.07 Å². The number of hydrogen-bond donors (Lipinski definition) is 2. The van der Waals surface area contributed by atoms with Crippen LogP contribution < -0.4 is 17.0 Å². The quantitative estimate of drug-likeness (QED) is 0.624. The van der Waals surface area contributed by atoms with Gasteiger partial charge in [-0.05, 0) is 24.3 Å². The first-order valence-corrected chi connectivity index (χ1v) is 5.62. The van der Waals surface area contributed by atoms with Crippen LogP contribution in [0.3, 0.4) is 0 Å². The van der Waals surface area contributed by atoms with E-state index in [0.717, 1.165) is 4.57 Å². The Balaban J connectivity index is 2.47. The highest BCUT2D eigenvalue weighted by Gasteiger charge is 2.10. The number of pyridine rings is 1. The number of aromatic nitrogens is 3. The molecule has 0 aliphatic rings. The second-order valence-corrected chi connectivity index (χ2v) is 4.05. The third-order valence-corrected chi connectivity index (χ3v) is 2.89. The van der Waals surface area contributed by atoms with Gasteiger partial charge >= 0.3 is 5.69 Å². The van der Waals surface area contributed by atoms with E-state index in [4.69, 9.17) is 5.73 Å². The molecule has 3 rings (SSSR count). The molecule has 0 saturated carbocycles. The number of nitrogens with one attached hydrogen (secondary N) is 1. The van der Waals surface area contributed by atoms with Gasteiger partial charge in [-0.3, -0.25) is 9.78 Å². The number of benzene rings is 1. The number of para-hydroxylation sites is 1. The van der Waals surface area contributed by atoms with Crippen LogP contribution >= 0.6 is 0 Å². The summed E-state index contributed by atoms with van der Waals surface area (Å²) in [5, 5.41) is 0.372. The molecule has 3 aromatic rings. The number of fused-ring (bicyclic) bond motifs is 1. The van der Waals surface area contributed by atoms with Gasteiger partial charge in [0.05, 0.1) is 22.3 Å². The summed E-state index contributed by atoms with van der Waals surface area (Å²) >= 11 is 0. The van der Waals surface area contributed by atoms with Gasteiger partial charge in [-0.2, -0.15) is 0 Å². The molecule has 6 nitrogen and oxygen atoms in total. The normalized spacial score (nSPS) is 10.7. The Morgan fingerprint density at radius 3 is 2.58 bits per heavy atom. The van der Waals surface area contributed by atoms with Gasteiger partial charge in [0, 0.05) is 12.4 Å². The molecular weight excluding hydrogens is 244 g/mol. The molecule has 0 bridgehead atoms. The summed E-state index contributed by atoms with van der Waals surface area (Å²) in [6.45, 7) is 0. The van der Waals surface area contributed by atoms with Crippen LogP contribution in [0.4, 0.5) is 5.69 Å². The van der Waals surface area contributed by atoms with Crippen molar-refractivity contribution in [1.82, 2.24) is 14.5 Å². The van der Waals surface area contributed by atoms with Crippen molar-refractivity contribution in [3.8, 4) is 5.69 Å². The fraction of sp³-hybridized carbons (Fsp3) is 0. The number of hydrogen-bond acceptors (Lipinski definition) is 4. The lowest BCUT2D eigenvalue weighted by atomic mass is 10.2. The predicted octanol–water partition coefficient (Wildman–Crippen LogP) is 0.656. The highest BCUT2D eigenvalue weighted by Crippen LogP contribution is 2.13. The van der Waals surface area contributed by atoms with E-state index in [1.165, 1.54) is 12.4 Å². The van der Waals surface area contributed by atoms with E-state index in [1.807, 2.05) is 0 Å². The zero-order valence-electron chi connectivity index (χ0n) is 9.83. The van der Waals surface area contributed by atoms with E-state index in [0.29, 0.717) is 22.3 Å². The molecule has 94 valence electrons. The topological polar surface area (TPSA) is 93.8 Å². The van der Waals surface area contributed by atoms with Crippen LogP contribution in [0.25, 0.3) is 16.6 Å². The van der Waals surface area contributed by atoms with E-state index >= 15 is 0 Å². The SMILES string of the molecule is Nc1cccc2c(=O)n(-c3ccncc3)c(=O)[nH]c12. The van der Waals surface area contributed by atoms with Crippen molar-refractivity contribution >= 4 is 16.6 Å². The fourth-order valence-corrected chi connectivity index (χ4v) is 1.99. The molecule has 0 saturated heterocycles. The van der Waals surface area contributed by atoms with Crippen LogP contribution in [-0.4, -0.2) is 14.5 Å². The molecule has 1 aromatic carbocycles. The van der Waals surface area contributed by atoms with Crippen LogP contribution in [-0.2, 0) is 0 Å². The molecule has 2 aromatic heterocycles. The van der Waals surface area contributed by atoms with Crippen molar-refractivity contribution in [3.05, 3.63) is 63.6 Å². The molecule has 0 radical (unpaired) electrons. The number of nitrogens with two attached hydrogens (primary N) is 1.